The van der Waals surface area contributed by atoms with Gasteiger partial charge >= 0.3 is 23.9 Å². The van der Waals surface area contributed by atoms with Gasteiger partial charge in [-0.2, -0.15) is 0 Å². The summed E-state index contributed by atoms with van der Waals surface area (Å²) >= 11 is 0. The first-order valence-electron chi connectivity index (χ1n) is 15.3. The van der Waals surface area contributed by atoms with Gasteiger partial charge in [0.2, 0.25) is 11.8 Å². The zero-order chi connectivity index (χ0) is 35.3. The van der Waals surface area contributed by atoms with Crippen LogP contribution in [0.5, 0.6) is 11.5 Å². The second-order valence-electron chi connectivity index (χ2n) is 12.6. The van der Waals surface area contributed by atoms with E-state index in [0.717, 1.165) is 19.4 Å². The number of hydrogen-bond donors (Lipinski definition) is 7. The number of aromatic hydroxyl groups is 1. The number of phenols is 1. The highest BCUT2D eigenvalue weighted by Gasteiger charge is 2.74. The van der Waals surface area contributed by atoms with Crippen molar-refractivity contribution >= 4 is 35.7 Å². The Kier molecular flexibility index (Phi) is 10.3. The number of esters is 2. The summed E-state index contributed by atoms with van der Waals surface area (Å²) in [6.07, 6.45) is -3.82. The first-order valence-corrected chi connectivity index (χ1v) is 15.3. The largest absolute Gasteiger partial charge is 0.504 e. The Bertz CT molecular complexity index is 1590. The number of nitrogens with zero attached hydrogens (tertiary/aromatic N) is 1. The lowest BCUT2D eigenvalue weighted by Gasteiger charge is -2.62. The number of benzene rings is 1. The van der Waals surface area contributed by atoms with Crippen molar-refractivity contribution in [2.24, 2.45) is 0 Å². The van der Waals surface area contributed by atoms with Crippen LogP contribution in [0.4, 0.5) is 0 Å². The molecular weight excluding hydrogens is 650 g/mol. The van der Waals surface area contributed by atoms with Gasteiger partial charge in [0, 0.05) is 12.0 Å². The topological polar surface area (TPSA) is 259 Å². The Balaban J connectivity index is 0.00000541. The maximum Gasteiger partial charge on any atom is 0.326 e. The van der Waals surface area contributed by atoms with Gasteiger partial charge in [-0.1, -0.05) is 13.5 Å². The molecular formula is C32H41N3O14. The molecule has 5 rings (SSSR count). The zero-order valence-corrected chi connectivity index (χ0v) is 26.3. The molecule has 0 aromatic heterocycles. The van der Waals surface area contributed by atoms with Crippen LogP contribution in [0.2, 0.25) is 0 Å². The normalized spacial score (nSPS) is 26.9. The van der Waals surface area contributed by atoms with Crippen molar-refractivity contribution in [3.63, 3.8) is 0 Å². The van der Waals surface area contributed by atoms with Crippen LogP contribution in [-0.2, 0) is 50.1 Å². The van der Waals surface area contributed by atoms with Crippen LogP contribution in [-0.4, -0.2) is 122 Å². The second kappa shape index (κ2) is 13.6. The van der Waals surface area contributed by atoms with E-state index in [9.17, 15) is 54.3 Å². The first-order chi connectivity index (χ1) is 22.5. The third kappa shape index (κ3) is 6.28. The third-order valence-corrected chi connectivity index (χ3v) is 9.57. The van der Waals surface area contributed by atoms with Gasteiger partial charge in [0.25, 0.3) is 0 Å². The molecule has 2 aliphatic heterocycles. The molecule has 1 aromatic rings. The lowest BCUT2D eigenvalue weighted by molar-refractivity contribution is -0.207. The number of amides is 2. The molecule has 8 atom stereocenters. The lowest BCUT2D eigenvalue weighted by Crippen LogP contribution is -2.75. The maximum absolute atomic E-state index is 13.6. The Hall–Kier alpha value is -4.74. The second-order valence-corrected chi connectivity index (χ2v) is 12.6. The maximum atomic E-state index is 13.6. The molecule has 4 aliphatic rings. The molecule has 0 saturated carbocycles. The molecule has 1 saturated heterocycles. The van der Waals surface area contributed by atoms with Gasteiger partial charge in [0.1, 0.15) is 35.7 Å². The molecule has 17 nitrogen and oxygen atoms in total. The standard InChI is InChI=1S/C31H37N3O14.CH4/c1-13(35)26(40)32-16(28(42)43)11-21(38)46-19-6-7-31(48-22(39)12-17(29(44)45)33-27(41)14(2)36)20-10-15-4-5-18(37)24-23(15)30(31,25(19)47-24)8-9-34(20)3;/h4-6,13-14,16-17,20,25,35-37H,7-12H2,1-3H3,(H,32,40)(H,33,41)(H,42,43)(H,44,45);1H4/t13-,14-,16-,17-,20+,25-,30-,31+;/m0./s1. The predicted octanol–water partition coefficient (Wildman–Crippen LogP) is -0.919. The average molecular weight is 692 g/mol. The van der Waals surface area contributed by atoms with E-state index in [1.54, 1.807) is 6.07 Å². The summed E-state index contributed by atoms with van der Waals surface area (Å²) in [7, 11) is 1.83. The summed E-state index contributed by atoms with van der Waals surface area (Å²) in [5.74, 6) is -7.29. The Morgan fingerprint density at radius 1 is 0.980 bits per heavy atom. The molecule has 2 bridgehead atoms. The van der Waals surface area contributed by atoms with E-state index in [2.05, 4.69) is 10.6 Å². The molecule has 7 N–H and O–H groups in total. The molecule has 2 amide bonds. The van der Waals surface area contributed by atoms with E-state index in [1.807, 2.05) is 11.9 Å². The molecule has 17 heteroatoms. The van der Waals surface area contributed by atoms with Crippen LogP contribution < -0.4 is 15.4 Å². The summed E-state index contributed by atoms with van der Waals surface area (Å²) in [4.78, 5) is 76.4. The lowest BCUT2D eigenvalue weighted by atomic mass is 9.50. The first kappa shape index (κ1) is 37.1. The van der Waals surface area contributed by atoms with E-state index >= 15 is 0 Å². The van der Waals surface area contributed by atoms with E-state index in [-0.39, 0.29) is 37.5 Å². The summed E-state index contributed by atoms with van der Waals surface area (Å²) in [5.41, 5.74) is -1.40. The fraction of sp³-hybridized carbons (Fsp3) is 0.562. The number of carboxylic acid groups (broad SMARTS) is 2. The Labute approximate surface area is 280 Å². The minimum atomic E-state index is -1.72. The number of hydrogen-bond acceptors (Lipinski definition) is 13. The van der Waals surface area contributed by atoms with E-state index in [1.165, 1.54) is 12.1 Å². The summed E-state index contributed by atoms with van der Waals surface area (Å²) in [6, 6.07) is -0.767. The van der Waals surface area contributed by atoms with Crippen molar-refractivity contribution in [1.29, 1.82) is 0 Å². The van der Waals surface area contributed by atoms with E-state index in [0.29, 0.717) is 18.5 Å². The molecule has 2 heterocycles. The molecule has 1 spiro atoms. The number of aliphatic carboxylic acids is 2. The number of carboxylic acids is 2. The van der Waals surface area contributed by atoms with Gasteiger partial charge in [-0.15, -0.1) is 0 Å². The minimum absolute atomic E-state index is 0. The molecule has 1 aromatic carbocycles. The molecule has 0 unspecified atom stereocenters. The van der Waals surface area contributed by atoms with Crippen molar-refractivity contribution in [2.75, 3.05) is 13.6 Å². The van der Waals surface area contributed by atoms with Crippen LogP contribution in [0.25, 0.3) is 0 Å². The molecule has 0 radical (unpaired) electrons. The number of aliphatic hydroxyl groups is 2. The summed E-state index contributed by atoms with van der Waals surface area (Å²) < 4.78 is 18.3. The van der Waals surface area contributed by atoms with Crippen LogP contribution in [0.15, 0.2) is 24.0 Å². The van der Waals surface area contributed by atoms with Gasteiger partial charge in [0.05, 0.1) is 24.3 Å². The van der Waals surface area contributed by atoms with Gasteiger partial charge in [-0.25, -0.2) is 9.59 Å². The van der Waals surface area contributed by atoms with Gasteiger partial charge in [0.15, 0.2) is 17.6 Å². The fourth-order valence-corrected chi connectivity index (χ4v) is 7.34. The van der Waals surface area contributed by atoms with Gasteiger partial charge in [-0.05, 0) is 58.0 Å². The number of likely N-dealkylation sites (tertiary alicyclic amines) is 1. The number of carbonyl (C=O) groups excluding carboxylic acids is 4. The van der Waals surface area contributed by atoms with Crippen molar-refractivity contribution in [3.05, 3.63) is 35.1 Å². The quantitative estimate of drug-likeness (QED) is 0.131. The van der Waals surface area contributed by atoms with Crippen molar-refractivity contribution in [2.45, 2.75) is 101 Å². The van der Waals surface area contributed by atoms with Gasteiger partial charge in [-0.3, -0.25) is 24.1 Å². The number of rotatable bonds is 12. The molecule has 1 fully saturated rings. The molecule has 2 aliphatic carbocycles. The highest BCUT2D eigenvalue weighted by Crippen LogP contribution is 2.66. The van der Waals surface area contributed by atoms with E-state index in [4.69, 9.17) is 14.2 Å². The Morgan fingerprint density at radius 2 is 1.55 bits per heavy atom. The zero-order valence-electron chi connectivity index (χ0n) is 26.3. The number of aliphatic hydroxyl groups excluding tert-OH is 2. The highest BCUT2D eigenvalue weighted by atomic mass is 16.6. The van der Waals surface area contributed by atoms with Crippen LogP contribution in [0.1, 0.15) is 58.1 Å². The Morgan fingerprint density at radius 3 is 2.10 bits per heavy atom. The SMILES string of the molecule is C.C[C@H](O)C(=O)N[C@@H](CC(=O)OC1=CC[C@@]2(OC(=O)C[C@H](NC(=O)[C@H](C)O)C(=O)O)[C@H]3Cc4ccc(O)c5c4[C@@]2(CCN3C)[C@H]1O5)C(=O)O. The van der Waals surface area contributed by atoms with Gasteiger partial charge < -0.3 is 50.4 Å². The molecule has 49 heavy (non-hydrogen) atoms. The number of carbonyl (C=O) groups is 6. The third-order valence-electron chi connectivity index (χ3n) is 9.57. The number of ether oxygens (including phenoxy) is 3. The summed E-state index contributed by atoms with van der Waals surface area (Å²) in [5, 5.41) is 53.4. The highest BCUT2D eigenvalue weighted by molar-refractivity contribution is 5.90. The smallest absolute Gasteiger partial charge is 0.326 e. The average Bonchev–Trinajstić information content (AvgIpc) is 3.36. The molecule has 268 valence electrons. The predicted molar refractivity (Wildman–Crippen MR) is 165 cm³/mol. The van der Waals surface area contributed by atoms with Crippen LogP contribution in [0, 0.1) is 0 Å². The summed E-state index contributed by atoms with van der Waals surface area (Å²) in [6.45, 7) is 2.72. The minimum Gasteiger partial charge on any atom is -0.504 e. The van der Waals surface area contributed by atoms with Crippen LogP contribution >= 0.6 is 0 Å². The van der Waals surface area contributed by atoms with Crippen molar-refractivity contribution < 1.29 is 68.5 Å². The number of piperidine rings is 1. The van der Waals surface area contributed by atoms with Crippen molar-refractivity contribution in [1.82, 2.24) is 15.5 Å². The monoisotopic (exact) mass is 691 g/mol. The number of likely N-dealkylation sites (N-methyl/N-ethyl adjacent to an activating group) is 1. The van der Waals surface area contributed by atoms with Crippen molar-refractivity contribution in [3.8, 4) is 11.5 Å². The van der Waals surface area contributed by atoms with E-state index < -0.39 is 96.0 Å². The van der Waals surface area contributed by atoms with Crippen LogP contribution in [0.3, 0.4) is 0 Å². The number of phenolic OH excluding ortho intramolecular Hbond substituents is 1. The fourth-order valence-electron chi connectivity index (χ4n) is 7.34. The number of nitrogens with one attached hydrogen (secondary N) is 2.